The lowest BCUT2D eigenvalue weighted by molar-refractivity contribution is -0.164. The molecule has 1 fully saturated rings. The largest absolute Gasteiger partial charge is 0.483 e. The van der Waals surface area contributed by atoms with Crippen LogP contribution in [0.4, 0.5) is 18.0 Å². The molecule has 3 N–H and O–H groups in total. The van der Waals surface area contributed by atoms with Crippen molar-refractivity contribution in [3.05, 3.63) is 35.3 Å². The molecule has 0 atom stereocenters. The van der Waals surface area contributed by atoms with Gasteiger partial charge in [-0.15, -0.1) is 0 Å². The van der Waals surface area contributed by atoms with Gasteiger partial charge in [0.05, 0.1) is 23.5 Å². The van der Waals surface area contributed by atoms with Gasteiger partial charge in [-0.2, -0.15) is 13.2 Å². The zero-order valence-corrected chi connectivity index (χ0v) is 21.1. The summed E-state index contributed by atoms with van der Waals surface area (Å²) >= 11 is 0. The van der Waals surface area contributed by atoms with Gasteiger partial charge in [-0.1, -0.05) is 0 Å². The van der Waals surface area contributed by atoms with Gasteiger partial charge in [0, 0.05) is 39.5 Å². The summed E-state index contributed by atoms with van der Waals surface area (Å²) < 4.78 is 53.9. The first-order valence-electron chi connectivity index (χ1n) is 11.7. The number of hydrogen-bond acceptors (Lipinski definition) is 7. The Balaban J connectivity index is 2.06. The second kappa shape index (κ2) is 12.8. The number of nitrogens with one attached hydrogen (secondary N) is 3. The Morgan fingerprint density at radius 2 is 1.86 bits per heavy atom. The fraction of sp³-hybridized carbons (Fsp3) is 0.625. The van der Waals surface area contributed by atoms with Crippen LogP contribution in [0, 0.1) is 11.3 Å². The maximum atomic E-state index is 12.9. The number of allylic oxidation sites excluding steroid dienone is 2. The smallest absolute Gasteiger partial charge is 0.422 e. The van der Waals surface area contributed by atoms with Crippen LogP contribution in [0.1, 0.15) is 33.6 Å². The molecule has 1 aliphatic heterocycles. The van der Waals surface area contributed by atoms with Crippen molar-refractivity contribution >= 4 is 17.7 Å². The number of rotatable bonds is 9. The Kier molecular flexibility index (Phi) is 10.4. The third-order valence-corrected chi connectivity index (χ3v) is 5.33. The van der Waals surface area contributed by atoms with E-state index >= 15 is 0 Å². The Morgan fingerprint density at radius 3 is 2.44 bits per heavy atom. The minimum atomic E-state index is -4.62. The predicted molar refractivity (Wildman–Crippen MR) is 127 cm³/mol. The van der Waals surface area contributed by atoms with E-state index in [0.29, 0.717) is 32.5 Å². The molecule has 2 rings (SSSR count). The maximum Gasteiger partial charge on any atom is 0.422 e. The summed E-state index contributed by atoms with van der Waals surface area (Å²) in [6.07, 6.45) is 0.458. The summed E-state index contributed by atoms with van der Waals surface area (Å²) in [5, 5.41) is 13.8. The van der Waals surface area contributed by atoms with Gasteiger partial charge in [-0.25, -0.2) is 4.79 Å². The molecule has 1 saturated heterocycles. The van der Waals surface area contributed by atoms with Gasteiger partial charge in [0.2, 0.25) is 0 Å². The molecule has 0 unspecified atom stereocenters. The number of nitrogens with zero attached hydrogens (tertiary/aromatic N) is 1. The van der Waals surface area contributed by atoms with E-state index in [9.17, 15) is 22.8 Å². The Morgan fingerprint density at radius 1 is 1.19 bits per heavy atom. The van der Waals surface area contributed by atoms with E-state index in [0.717, 1.165) is 0 Å². The Labute approximate surface area is 209 Å². The summed E-state index contributed by atoms with van der Waals surface area (Å²) in [7, 11) is 1.46. The average Bonchev–Trinajstić information content (AvgIpc) is 2.77. The highest BCUT2D eigenvalue weighted by atomic mass is 19.4. The van der Waals surface area contributed by atoms with E-state index in [1.807, 2.05) is 20.8 Å². The number of ether oxygens (including phenoxy) is 3. The van der Waals surface area contributed by atoms with Crippen LogP contribution in [0.5, 0.6) is 0 Å². The molecule has 0 radical (unpaired) electrons. The van der Waals surface area contributed by atoms with Gasteiger partial charge < -0.3 is 35.2 Å². The molecule has 36 heavy (non-hydrogen) atoms. The fourth-order valence-corrected chi connectivity index (χ4v) is 3.57. The van der Waals surface area contributed by atoms with Crippen LogP contribution >= 0.6 is 0 Å². The second-order valence-corrected chi connectivity index (χ2v) is 9.52. The molecule has 0 aromatic rings. The molecule has 1 heterocycles. The average molecular weight is 517 g/mol. The number of piperidine rings is 1. The van der Waals surface area contributed by atoms with Gasteiger partial charge in [0.1, 0.15) is 11.4 Å². The number of halogens is 3. The van der Waals surface area contributed by atoms with Crippen molar-refractivity contribution < 1.29 is 37.0 Å². The molecule has 9 nitrogen and oxygen atoms in total. The SMILES string of the molecule is COCCNC(=O)C1=C(OCC(F)(F)F)/C(=C/NCC2CCN(C(=O)OC(C)(C)C)CC2)C(=N)C=C1. The van der Waals surface area contributed by atoms with Crippen LogP contribution in [-0.2, 0) is 19.0 Å². The first kappa shape index (κ1) is 29.2. The molecule has 1 aliphatic carbocycles. The predicted octanol–water partition coefficient (Wildman–Crippen LogP) is 3.29. The molecular weight excluding hydrogens is 481 g/mol. The van der Waals surface area contributed by atoms with E-state index in [4.69, 9.17) is 19.6 Å². The number of carbonyl (C=O) groups excluding carboxylic acids is 2. The summed E-state index contributed by atoms with van der Waals surface area (Å²) in [6.45, 7) is 5.76. The zero-order valence-electron chi connectivity index (χ0n) is 21.1. The van der Waals surface area contributed by atoms with Crippen molar-refractivity contribution in [2.24, 2.45) is 5.92 Å². The van der Waals surface area contributed by atoms with E-state index in [1.165, 1.54) is 25.5 Å². The lowest BCUT2D eigenvalue weighted by Crippen LogP contribution is -2.43. The number of likely N-dealkylation sites (tertiary alicyclic amines) is 1. The van der Waals surface area contributed by atoms with Crippen molar-refractivity contribution in [3.8, 4) is 0 Å². The zero-order chi connectivity index (χ0) is 26.9. The highest BCUT2D eigenvalue weighted by molar-refractivity contribution is 6.14. The molecule has 0 saturated carbocycles. The molecule has 0 spiro atoms. The Bertz CT molecular complexity index is 898. The Hall–Kier alpha value is -3.02. The third kappa shape index (κ3) is 9.56. The molecule has 12 heteroatoms. The highest BCUT2D eigenvalue weighted by Crippen LogP contribution is 2.27. The van der Waals surface area contributed by atoms with Gasteiger partial charge in [-0.3, -0.25) is 4.79 Å². The topological polar surface area (TPSA) is 113 Å². The number of amides is 2. The summed E-state index contributed by atoms with van der Waals surface area (Å²) in [6, 6.07) is 0. The first-order chi connectivity index (χ1) is 16.8. The van der Waals surface area contributed by atoms with Crippen molar-refractivity contribution in [3.63, 3.8) is 0 Å². The van der Waals surface area contributed by atoms with Gasteiger partial charge in [0.15, 0.2) is 6.61 Å². The van der Waals surface area contributed by atoms with Crippen LogP contribution < -0.4 is 10.6 Å². The third-order valence-electron chi connectivity index (χ3n) is 5.33. The molecule has 0 aromatic heterocycles. The molecule has 2 amide bonds. The number of alkyl halides is 3. The number of methoxy groups -OCH3 is 1. The fourth-order valence-electron chi connectivity index (χ4n) is 3.57. The van der Waals surface area contributed by atoms with Crippen LogP contribution in [0.25, 0.3) is 0 Å². The monoisotopic (exact) mass is 516 g/mol. The number of carbonyl (C=O) groups is 2. The number of hydrogen-bond donors (Lipinski definition) is 3. The second-order valence-electron chi connectivity index (χ2n) is 9.52. The van der Waals surface area contributed by atoms with Crippen molar-refractivity contribution in [2.75, 3.05) is 46.5 Å². The lowest BCUT2D eigenvalue weighted by atomic mass is 9.96. The standard InChI is InChI=1S/C24H35F3N4O5/c1-23(2,3)36-22(33)31-10-7-16(8-11-31)13-29-14-18-19(28)6-5-17(21(32)30-9-12-34-4)20(18)35-15-24(25,26)27/h5-6,14,16,28-29H,7-13,15H2,1-4H3,(H,30,32)/b18-14+,28-19?. The minimum Gasteiger partial charge on any atom is -0.483 e. The summed E-state index contributed by atoms with van der Waals surface area (Å²) in [5.41, 5.74) is -0.720. The molecule has 2 aliphatic rings. The van der Waals surface area contributed by atoms with Crippen LogP contribution in [0.2, 0.25) is 0 Å². The van der Waals surface area contributed by atoms with E-state index < -0.39 is 24.3 Å². The van der Waals surface area contributed by atoms with Crippen molar-refractivity contribution in [1.82, 2.24) is 15.5 Å². The summed E-state index contributed by atoms with van der Waals surface area (Å²) in [5.74, 6) is -0.746. The molecule has 202 valence electrons. The van der Waals surface area contributed by atoms with Gasteiger partial charge in [0.25, 0.3) is 5.91 Å². The highest BCUT2D eigenvalue weighted by Gasteiger charge is 2.32. The van der Waals surface area contributed by atoms with E-state index in [2.05, 4.69) is 10.6 Å². The van der Waals surface area contributed by atoms with Crippen molar-refractivity contribution in [1.29, 1.82) is 5.41 Å². The maximum absolute atomic E-state index is 12.9. The molecule has 0 aromatic carbocycles. The quantitative estimate of drug-likeness (QED) is 0.406. The van der Waals surface area contributed by atoms with Gasteiger partial charge in [-0.05, 0) is 51.7 Å². The first-order valence-corrected chi connectivity index (χ1v) is 11.7. The van der Waals surface area contributed by atoms with E-state index in [1.54, 1.807) is 4.90 Å². The lowest BCUT2D eigenvalue weighted by Gasteiger charge is -2.33. The van der Waals surface area contributed by atoms with Gasteiger partial charge >= 0.3 is 12.3 Å². The summed E-state index contributed by atoms with van der Waals surface area (Å²) in [4.78, 5) is 26.4. The van der Waals surface area contributed by atoms with Crippen LogP contribution in [-0.4, -0.2) is 80.9 Å². The van der Waals surface area contributed by atoms with Crippen molar-refractivity contribution in [2.45, 2.75) is 45.4 Å². The van der Waals surface area contributed by atoms with E-state index in [-0.39, 0.29) is 47.8 Å². The minimum absolute atomic E-state index is 0.0461. The van der Waals surface area contributed by atoms with Crippen LogP contribution in [0.3, 0.4) is 0 Å². The molecule has 0 bridgehead atoms. The normalized spacial score (nSPS) is 18.5. The van der Waals surface area contributed by atoms with Crippen LogP contribution in [0.15, 0.2) is 35.3 Å². The molecular formula is C24H35F3N4O5.